The van der Waals surface area contributed by atoms with Gasteiger partial charge in [0.25, 0.3) is 0 Å². The second-order valence-corrected chi connectivity index (χ2v) is 7.44. The molecule has 0 bridgehead atoms. The third-order valence-electron chi connectivity index (χ3n) is 5.39. The van der Waals surface area contributed by atoms with Gasteiger partial charge in [-0.3, -0.25) is 19.8 Å². The lowest BCUT2D eigenvalue weighted by Gasteiger charge is -2.29. The van der Waals surface area contributed by atoms with Crippen LogP contribution in [-0.4, -0.2) is 47.2 Å². The van der Waals surface area contributed by atoms with Crippen LogP contribution < -0.4 is 9.64 Å². The normalized spacial score (nSPS) is 13.4. The van der Waals surface area contributed by atoms with Gasteiger partial charge in [-0.25, -0.2) is 0 Å². The Bertz CT molecular complexity index is 1280. The Morgan fingerprint density at radius 1 is 1.19 bits per heavy atom. The first-order valence-corrected chi connectivity index (χ1v) is 10.1. The van der Waals surface area contributed by atoms with Gasteiger partial charge in [0.1, 0.15) is 24.3 Å². The molecule has 3 heterocycles. The van der Waals surface area contributed by atoms with E-state index in [-0.39, 0.29) is 0 Å². The number of rotatable bonds is 5. The summed E-state index contributed by atoms with van der Waals surface area (Å²) in [6.45, 7) is 1.93. The monoisotopic (exact) mass is 411 g/mol. The fourth-order valence-electron chi connectivity index (χ4n) is 3.90. The molecule has 31 heavy (non-hydrogen) atoms. The van der Waals surface area contributed by atoms with Crippen molar-refractivity contribution in [3.8, 4) is 5.75 Å². The number of anilines is 1. The van der Waals surface area contributed by atoms with E-state index in [2.05, 4.69) is 37.6 Å². The number of aliphatic imine (C=N–C) groups is 1. The molecule has 7 nitrogen and oxygen atoms in total. The molecular formula is C24H21N5O2. The van der Waals surface area contributed by atoms with Gasteiger partial charge in [0.2, 0.25) is 0 Å². The second-order valence-electron chi connectivity index (χ2n) is 7.44. The summed E-state index contributed by atoms with van der Waals surface area (Å²) in [6, 6.07) is 13.9. The van der Waals surface area contributed by atoms with Crippen LogP contribution in [0.2, 0.25) is 0 Å². The predicted molar refractivity (Wildman–Crippen MR) is 121 cm³/mol. The Balaban J connectivity index is 1.60. The molecule has 0 atom stereocenters. The Morgan fingerprint density at radius 2 is 2.10 bits per heavy atom. The molecule has 1 aliphatic heterocycles. The fraction of sp³-hybridized carbons (Fsp3) is 0.167. The summed E-state index contributed by atoms with van der Waals surface area (Å²) in [5.41, 5.74) is 5.05. The summed E-state index contributed by atoms with van der Waals surface area (Å²) in [7, 11) is 2.01. The number of carbonyl (C=O) groups excluding carboxylic acids is 1. The van der Waals surface area contributed by atoms with Gasteiger partial charge < -0.3 is 14.2 Å². The number of aldehydes is 1. The van der Waals surface area contributed by atoms with Gasteiger partial charge >= 0.3 is 0 Å². The van der Waals surface area contributed by atoms with Crippen molar-refractivity contribution >= 4 is 34.8 Å². The number of aromatic nitrogens is 3. The van der Waals surface area contributed by atoms with Crippen molar-refractivity contribution in [1.29, 1.82) is 0 Å². The summed E-state index contributed by atoms with van der Waals surface area (Å²) < 4.78 is 7.95. The zero-order valence-electron chi connectivity index (χ0n) is 17.1. The quantitative estimate of drug-likeness (QED) is 0.368. The molecule has 7 heteroatoms. The molecule has 0 radical (unpaired) electrons. The van der Waals surface area contributed by atoms with Crippen LogP contribution in [0.1, 0.15) is 21.7 Å². The number of carbonyl (C=O) groups is 1. The summed E-state index contributed by atoms with van der Waals surface area (Å²) in [4.78, 5) is 26.9. The van der Waals surface area contributed by atoms with E-state index in [0.29, 0.717) is 30.2 Å². The minimum Gasteiger partial charge on any atom is -0.489 e. The highest BCUT2D eigenvalue weighted by atomic mass is 16.5. The molecule has 0 N–H and O–H groups in total. The van der Waals surface area contributed by atoms with Gasteiger partial charge in [0.15, 0.2) is 0 Å². The van der Waals surface area contributed by atoms with Crippen LogP contribution in [0.15, 0.2) is 66.0 Å². The number of para-hydroxylation sites is 1. The first-order valence-electron chi connectivity index (χ1n) is 10.1. The summed E-state index contributed by atoms with van der Waals surface area (Å²) in [5.74, 6) is 0.686. The van der Waals surface area contributed by atoms with Crippen molar-refractivity contribution in [3.63, 3.8) is 0 Å². The van der Waals surface area contributed by atoms with E-state index >= 15 is 0 Å². The maximum Gasteiger partial charge on any atom is 0.150 e. The van der Waals surface area contributed by atoms with Gasteiger partial charge in [-0.2, -0.15) is 0 Å². The van der Waals surface area contributed by atoms with Crippen molar-refractivity contribution in [2.75, 3.05) is 25.1 Å². The van der Waals surface area contributed by atoms with Crippen molar-refractivity contribution in [2.24, 2.45) is 4.99 Å². The van der Waals surface area contributed by atoms with Gasteiger partial charge in [0, 0.05) is 35.9 Å². The highest BCUT2D eigenvalue weighted by Crippen LogP contribution is 2.40. The first kappa shape index (κ1) is 19.0. The first-order chi connectivity index (χ1) is 15.2. The van der Waals surface area contributed by atoms with Gasteiger partial charge in [-0.05, 0) is 24.3 Å². The van der Waals surface area contributed by atoms with Crippen LogP contribution in [0.5, 0.6) is 5.75 Å². The van der Waals surface area contributed by atoms with Gasteiger partial charge in [-0.1, -0.05) is 18.2 Å². The molecule has 0 unspecified atom stereocenters. The molecule has 0 aliphatic carbocycles. The predicted octanol–water partition coefficient (Wildman–Crippen LogP) is 3.87. The van der Waals surface area contributed by atoms with Crippen LogP contribution >= 0.6 is 0 Å². The molecule has 0 saturated carbocycles. The molecule has 0 fully saturated rings. The number of ether oxygens (including phenoxy) is 1. The van der Waals surface area contributed by atoms with Gasteiger partial charge in [0.05, 0.1) is 42.6 Å². The maximum atomic E-state index is 11.4. The average Bonchev–Trinajstić information content (AvgIpc) is 3.15. The Labute approximate surface area is 179 Å². The van der Waals surface area contributed by atoms with Gasteiger partial charge in [-0.15, -0.1) is 0 Å². The smallest absolute Gasteiger partial charge is 0.150 e. The highest BCUT2D eigenvalue weighted by Gasteiger charge is 2.20. The van der Waals surface area contributed by atoms with E-state index < -0.39 is 0 Å². The molecular weight excluding hydrogens is 390 g/mol. The average molecular weight is 411 g/mol. The largest absolute Gasteiger partial charge is 0.489 e. The fourth-order valence-corrected chi connectivity index (χ4v) is 3.90. The molecule has 5 rings (SSSR count). The number of fused-ring (bicyclic) bond motifs is 2. The number of hydrogen-bond donors (Lipinski definition) is 0. The Hall–Kier alpha value is -4.00. The van der Waals surface area contributed by atoms with Crippen molar-refractivity contribution in [1.82, 2.24) is 14.5 Å². The number of hydrogen-bond acceptors (Lipinski definition) is 6. The summed E-state index contributed by atoms with van der Waals surface area (Å²) in [5, 5.41) is 1.12. The van der Waals surface area contributed by atoms with Crippen LogP contribution in [0, 0.1) is 0 Å². The summed E-state index contributed by atoms with van der Waals surface area (Å²) in [6.07, 6.45) is 7.79. The highest BCUT2D eigenvalue weighted by molar-refractivity contribution is 5.93. The van der Waals surface area contributed by atoms with Crippen LogP contribution in [-0.2, 0) is 6.54 Å². The molecule has 4 aromatic rings. The lowest BCUT2D eigenvalue weighted by molar-refractivity contribution is 0.112. The Morgan fingerprint density at radius 3 is 2.94 bits per heavy atom. The SMILES string of the molecule is CN1CCOc2cc(C=O)cc(N=Cc3cc4ccccc4n3Cc3cnccn3)c21. The van der Waals surface area contributed by atoms with E-state index in [1.165, 1.54) is 0 Å². The van der Waals surface area contributed by atoms with Crippen LogP contribution in [0.4, 0.5) is 11.4 Å². The standard InChI is InChI=1S/C24H21N5O2/c1-28-8-9-31-23-11-17(16-30)10-21(24(23)28)27-14-20-12-18-4-2-3-5-22(18)29(20)15-19-13-25-6-7-26-19/h2-7,10-14,16H,8-9,15H2,1H3. The minimum absolute atomic E-state index is 0.543. The molecule has 1 aliphatic rings. The molecule has 0 saturated heterocycles. The van der Waals surface area contributed by atoms with E-state index in [1.807, 2.05) is 25.4 Å². The van der Waals surface area contributed by atoms with E-state index in [4.69, 9.17) is 9.73 Å². The molecule has 0 spiro atoms. The zero-order valence-corrected chi connectivity index (χ0v) is 17.1. The van der Waals surface area contributed by atoms with Crippen molar-refractivity contribution in [3.05, 3.63) is 78.0 Å². The minimum atomic E-state index is 0.543. The Kier molecular flexibility index (Phi) is 4.92. The lowest BCUT2D eigenvalue weighted by Crippen LogP contribution is -2.29. The molecule has 2 aromatic heterocycles. The third kappa shape index (κ3) is 3.66. The topological polar surface area (TPSA) is 72.6 Å². The lowest BCUT2D eigenvalue weighted by atomic mass is 10.1. The second kappa shape index (κ2) is 8.02. The van der Waals surface area contributed by atoms with Crippen molar-refractivity contribution < 1.29 is 9.53 Å². The van der Waals surface area contributed by atoms with Crippen LogP contribution in [0.3, 0.4) is 0 Å². The maximum absolute atomic E-state index is 11.4. The van der Waals surface area contributed by atoms with E-state index in [0.717, 1.165) is 40.8 Å². The number of benzene rings is 2. The van der Waals surface area contributed by atoms with E-state index in [9.17, 15) is 4.79 Å². The third-order valence-corrected chi connectivity index (χ3v) is 5.39. The number of likely N-dealkylation sites (N-methyl/N-ethyl adjacent to an activating group) is 1. The zero-order chi connectivity index (χ0) is 21.2. The van der Waals surface area contributed by atoms with Crippen molar-refractivity contribution in [2.45, 2.75) is 6.54 Å². The molecule has 154 valence electrons. The van der Waals surface area contributed by atoms with Crippen LogP contribution in [0.25, 0.3) is 10.9 Å². The molecule has 0 amide bonds. The van der Waals surface area contributed by atoms with E-state index in [1.54, 1.807) is 30.7 Å². The number of nitrogens with zero attached hydrogens (tertiary/aromatic N) is 5. The summed E-state index contributed by atoms with van der Waals surface area (Å²) >= 11 is 0. The molecule has 2 aromatic carbocycles.